The molecule has 0 bridgehead atoms. The summed E-state index contributed by atoms with van der Waals surface area (Å²) in [5.41, 5.74) is 5.19. The van der Waals surface area contributed by atoms with E-state index in [1.165, 1.54) is 7.11 Å². The summed E-state index contributed by atoms with van der Waals surface area (Å²) in [5.74, 6) is -0.496. The second kappa shape index (κ2) is 9.22. The summed E-state index contributed by atoms with van der Waals surface area (Å²) in [6, 6.07) is 15.9. The quantitative estimate of drug-likeness (QED) is 0.632. The molecule has 2 aliphatic rings. The Kier molecular flexibility index (Phi) is 6.36. The first-order valence-corrected chi connectivity index (χ1v) is 11.1. The number of hydrogen-bond acceptors (Lipinski definition) is 6. The van der Waals surface area contributed by atoms with E-state index in [0.29, 0.717) is 24.1 Å². The second-order valence-electron chi connectivity index (χ2n) is 8.88. The average Bonchev–Trinajstić information content (AvgIpc) is 2.82. The Morgan fingerprint density at radius 2 is 1.61 bits per heavy atom. The normalized spacial score (nSPS) is 22.4. The predicted octanol–water partition coefficient (Wildman–Crippen LogP) is 4.51. The van der Waals surface area contributed by atoms with Crippen LogP contribution in [-0.4, -0.2) is 45.8 Å². The minimum Gasteiger partial charge on any atom is -0.497 e. The summed E-state index contributed by atoms with van der Waals surface area (Å²) in [6.07, 6.45) is 1.05. The lowest BCUT2D eigenvalue weighted by molar-refractivity contribution is -0.143. The van der Waals surface area contributed by atoms with Crippen molar-refractivity contribution in [2.75, 3.05) is 33.2 Å². The highest BCUT2D eigenvalue weighted by molar-refractivity contribution is 6.09. The number of rotatable bonds is 5. The summed E-state index contributed by atoms with van der Waals surface area (Å²) >= 11 is 0. The van der Waals surface area contributed by atoms with Crippen molar-refractivity contribution < 1.29 is 19.1 Å². The Morgan fingerprint density at radius 3 is 2.18 bits per heavy atom. The van der Waals surface area contributed by atoms with Crippen LogP contribution in [0.1, 0.15) is 42.7 Å². The van der Waals surface area contributed by atoms with Gasteiger partial charge in [0.15, 0.2) is 5.78 Å². The van der Waals surface area contributed by atoms with Crippen molar-refractivity contribution in [3.63, 3.8) is 0 Å². The van der Waals surface area contributed by atoms with Crippen molar-refractivity contribution >= 4 is 23.2 Å². The number of ether oxygens (including phenoxy) is 2. The van der Waals surface area contributed by atoms with E-state index in [1.54, 1.807) is 7.11 Å². The predicted molar refractivity (Wildman–Crippen MR) is 129 cm³/mol. The highest BCUT2D eigenvalue weighted by Gasteiger charge is 2.44. The first-order chi connectivity index (χ1) is 15.8. The first kappa shape index (κ1) is 22.8. The maximum absolute atomic E-state index is 13.5. The van der Waals surface area contributed by atoms with Gasteiger partial charge in [0, 0.05) is 49.1 Å². The number of carbonyl (C=O) groups is 2. The third-order valence-corrected chi connectivity index (χ3v) is 6.70. The van der Waals surface area contributed by atoms with E-state index in [1.807, 2.05) is 74.4 Å². The van der Waals surface area contributed by atoms with Gasteiger partial charge in [0.25, 0.3) is 0 Å². The van der Waals surface area contributed by atoms with Crippen LogP contribution in [0.2, 0.25) is 0 Å². The van der Waals surface area contributed by atoms with Crippen LogP contribution < -0.4 is 9.64 Å². The molecular weight excluding hydrogens is 416 g/mol. The van der Waals surface area contributed by atoms with Crippen molar-refractivity contribution in [2.45, 2.75) is 31.6 Å². The minimum atomic E-state index is -0.611. The molecule has 2 aromatic rings. The van der Waals surface area contributed by atoms with Gasteiger partial charge in [0.2, 0.25) is 0 Å². The van der Waals surface area contributed by atoms with E-state index in [2.05, 4.69) is 0 Å². The third kappa shape index (κ3) is 4.30. The van der Waals surface area contributed by atoms with E-state index in [0.717, 1.165) is 28.3 Å². The van der Waals surface area contributed by atoms with Gasteiger partial charge in [-0.15, -0.1) is 0 Å². The maximum Gasteiger partial charge on any atom is 0.315 e. The van der Waals surface area contributed by atoms with Gasteiger partial charge in [-0.3, -0.25) is 14.6 Å². The molecule has 2 aromatic carbocycles. The van der Waals surface area contributed by atoms with Crippen LogP contribution in [0.3, 0.4) is 0 Å². The monoisotopic (exact) mass is 446 g/mol. The lowest BCUT2D eigenvalue weighted by atomic mass is 9.69. The molecular formula is C27H30N2O4. The van der Waals surface area contributed by atoms with E-state index in [-0.39, 0.29) is 17.7 Å². The van der Waals surface area contributed by atoms with Gasteiger partial charge >= 0.3 is 5.97 Å². The molecule has 6 heteroatoms. The van der Waals surface area contributed by atoms with Crippen molar-refractivity contribution in [2.24, 2.45) is 10.9 Å². The lowest BCUT2D eigenvalue weighted by Crippen LogP contribution is -2.37. The van der Waals surface area contributed by atoms with E-state index in [4.69, 9.17) is 14.5 Å². The third-order valence-electron chi connectivity index (χ3n) is 6.70. The van der Waals surface area contributed by atoms with Crippen LogP contribution in [-0.2, 0) is 14.3 Å². The average molecular weight is 447 g/mol. The first-order valence-electron chi connectivity index (χ1n) is 11.1. The zero-order valence-corrected chi connectivity index (χ0v) is 19.8. The molecule has 1 heterocycles. The summed E-state index contributed by atoms with van der Waals surface area (Å²) in [7, 11) is 6.98. The number of carbonyl (C=O) groups excluding carboxylic acids is 2. The topological polar surface area (TPSA) is 68.2 Å². The van der Waals surface area contributed by atoms with Crippen LogP contribution in [0.15, 0.2) is 64.8 Å². The lowest BCUT2D eigenvalue weighted by Gasteiger charge is -2.36. The molecule has 33 heavy (non-hydrogen) atoms. The largest absolute Gasteiger partial charge is 0.497 e. The Bertz CT molecular complexity index is 1110. The number of esters is 1. The van der Waals surface area contributed by atoms with Crippen LogP contribution in [0.25, 0.3) is 0 Å². The number of Topliss-reactive ketones (excluding diaryl/α,β-unsaturated/α-hetero) is 1. The maximum atomic E-state index is 13.5. The molecule has 1 aliphatic heterocycles. The van der Waals surface area contributed by atoms with Crippen molar-refractivity contribution in [3.8, 4) is 5.75 Å². The van der Waals surface area contributed by atoms with Gasteiger partial charge in [0.1, 0.15) is 11.7 Å². The van der Waals surface area contributed by atoms with Gasteiger partial charge in [-0.2, -0.15) is 0 Å². The van der Waals surface area contributed by atoms with Gasteiger partial charge in [-0.25, -0.2) is 0 Å². The molecule has 0 fully saturated rings. The zero-order valence-electron chi connectivity index (χ0n) is 19.8. The SMILES string of the molecule is COC(=O)C1C(C)=NC2=C(C(=O)C[C@@H](c3ccc(OC)cc3)C2)[C@@H]1c1ccc(N(C)C)cc1. The second-order valence-corrected chi connectivity index (χ2v) is 8.88. The summed E-state index contributed by atoms with van der Waals surface area (Å²) in [6.45, 7) is 1.86. The van der Waals surface area contributed by atoms with E-state index < -0.39 is 11.8 Å². The molecule has 0 N–H and O–H groups in total. The molecule has 0 saturated carbocycles. The molecule has 0 amide bonds. The van der Waals surface area contributed by atoms with Gasteiger partial charge in [0.05, 0.1) is 14.2 Å². The fourth-order valence-electron chi connectivity index (χ4n) is 4.94. The minimum absolute atomic E-state index is 0.0453. The standard InChI is InChI=1S/C27H30N2O4/c1-16-24(27(31)33-5)25(18-6-10-20(11-7-18)29(2)3)26-22(28-16)14-19(15-23(26)30)17-8-12-21(32-4)13-9-17/h6-13,19,24-25H,14-15H2,1-5H3/t19-,24?,25+/m0/s1. The molecule has 172 valence electrons. The fourth-order valence-corrected chi connectivity index (χ4v) is 4.94. The molecule has 0 saturated heterocycles. The smallest absolute Gasteiger partial charge is 0.315 e. The number of hydrogen-bond donors (Lipinski definition) is 0. The van der Waals surface area contributed by atoms with Crippen LogP contribution in [0.5, 0.6) is 5.75 Å². The molecule has 4 rings (SSSR count). The van der Waals surface area contributed by atoms with Crippen molar-refractivity contribution in [1.29, 1.82) is 0 Å². The van der Waals surface area contributed by atoms with E-state index >= 15 is 0 Å². The molecule has 0 aromatic heterocycles. The number of benzene rings is 2. The number of aliphatic imine (C=N–C) groups is 1. The highest BCUT2D eigenvalue weighted by Crippen LogP contribution is 2.47. The van der Waals surface area contributed by atoms with Crippen LogP contribution >= 0.6 is 0 Å². The Balaban J connectivity index is 1.76. The highest BCUT2D eigenvalue weighted by atomic mass is 16.5. The number of allylic oxidation sites excluding steroid dienone is 2. The molecule has 3 atom stereocenters. The van der Waals surface area contributed by atoms with Crippen molar-refractivity contribution in [1.82, 2.24) is 0 Å². The van der Waals surface area contributed by atoms with Gasteiger partial charge in [-0.1, -0.05) is 24.3 Å². The summed E-state index contributed by atoms with van der Waals surface area (Å²) in [4.78, 5) is 33.1. The molecule has 0 spiro atoms. The van der Waals surface area contributed by atoms with Crippen LogP contribution in [0, 0.1) is 5.92 Å². The van der Waals surface area contributed by atoms with E-state index in [9.17, 15) is 9.59 Å². The van der Waals surface area contributed by atoms with Crippen molar-refractivity contribution in [3.05, 3.63) is 70.9 Å². The number of ketones is 1. The Morgan fingerprint density at radius 1 is 0.970 bits per heavy atom. The Labute approximate surface area is 194 Å². The molecule has 1 unspecified atom stereocenters. The number of nitrogens with zero attached hydrogens (tertiary/aromatic N) is 2. The molecule has 6 nitrogen and oxygen atoms in total. The number of methoxy groups -OCH3 is 2. The van der Waals surface area contributed by atoms with Gasteiger partial charge < -0.3 is 14.4 Å². The molecule has 1 aliphatic carbocycles. The Hall–Kier alpha value is -3.41. The summed E-state index contributed by atoms with van der Waals surface area (Å²) < 4.78 is 10.4. The molecule has 0 radical (unpaired) electrons. The zero-order chi connectivity index (χ0) is 23.7. The van der Waals surface area contributed by atoms with Gasteiger partial charge in [-0.05, 0) is 54.7 Å². The number of anilines is 1. The summed E-state index contributed by atoms with van der Waals surface area (Å²) in [5, 5.41) is 0. The van der Waals surface area contributed by atoms with Crippen LogP contribution in [0.4, 0.5) is 5.69 Å². The fraction of sp³-hybridized carbons (Fsp3) is 0.370.